The van der Waals surface area contributed by atoms with Gasteiger partial charge in [0.05, 0.1) is 12.1 Å². The second kappa shape index (κ2) is 4.23. The second-order valence-electron chi connectivity index (χ2n) is 5.97. The Kier molecular flexibility index (Phi) is 2.78. The molecule has 0 unspecified atom stereocenters. The minimum atomic E-state index is -0.213. The summed E-state index contributed by atoms with van der Waals surface area (Å²) in [7, 11) is 0. The number of rotatable bonds is 2. The Hall–Kier alpha value is -1.55. The molecule has 0 aliphatic carbocycles. The topological polar surface area (TPSA) is 55.6 Å². The van der Waals surface area contributed by atoms with Gasteiger partial charge in [-0.15, -0.1) is 0 Å². The van der Waals surface area contributed by atoms with E-state index in [9.17, 15) is 4.79 Å². The molecule has 0 bridgehead atoms. The zero-order chi connectivity index (χ0) is 13.6. The summed E-state index contributed by atoms with van der Waals surface area (Å²) in [6, 6.07) is 5.70. The quantitative estimate of drug-likeness (QED) is 0.875. The summed E-state index contributed by atoms with van der Waals surface area (Å²) >= 11 is 0. The minimum Gasteiger partial charge on any atom is -0.493 e. The molecule has 2 aliphatic rings. The average molecular weight is 260 g/mol. The van der Waals surface area contributed by atoms with Gasteiger partial charge in [-0.1, -0.05) is 13.8 Å². The molecule has 4 nitrogen and oxygen atoms in total. The van der Waals surface area contributed by atoms with Crippen molar-refractivity contribution in [3.05, 3.63) is 29.3 Å². The van der Waals surface area contributed by atoms with E-state index >= 15 is 0 Å². The summed E-state index contributed by atoms with van der Waals surface area (Å²) in [4.78, 5) is 14.2. The lowest BCUT2D eigenvalue weighted by molar-refractivity contribution is 0.0275. The van der Waals surface area contributed by atoms with Gasteiger partial charge in [0, 0.05) is 25.1 Å². The van der Waals surface area contributed by atoms with Gasteiger partial charge in [-0.2, -0.15) is 0 Å². The number of likely N-dealkylation sites (tertiary alicyclic amines) is 1. The van der Waals surface area contributed by atoms with Crippen LogP contribution in [0.5, 0.6) is 5.75 Å². The van der Waals surface area contributed by atoms with Crippen molar-refractivity contribution in [3.8, 4) is 5.75 Å². The monoisotopic (exact) mass is 260 g/mol. The number of fused-ring (bicyclic) bond motifs is 1. The molecule has 1 aromatic rings. The van der Waals surface area contributed by atoms with Gasteiger partial charge < -0.3 is 15.4 Å². The largest absolute Gasteiger partial charge is 0.493 e. The van der Waals surface area contributed by atoms with Crippen LogP contribution in [0.3, 0.4) is 0 Å². The zero-order valence-electron chi connectivity index (χ0n) is 11.5. The van der Waals surface area contributed by atoms with Crippen LogP contribution in [0, 0.1) is 5.92 Å². The molecule has 3 rings (SSSR count). The summed E-state index contributed by atoms with van der Waals surface area (Å²) < 4.78 is 5.45. The summed E-state index contributed by atoms with van der Waals surface area (Å²) in [6.07, 6.45) is 0.892. The summed E-state index contributed by atoms with van der Waals surface area (Å²) in [6.45, 7) is 6.23. The number of carbonyl (C=O) groups is 1. The molecule has 0 radical (unpaired) electrons. The lowest BCUT2D eigenvalue weighted by atomic mass is 9.80. The third-order valence-corrected chi connectivity index (χ3v) is 4.34. The van der Waals surface area contributed by atoms with Gasteiger partial charge in [-0.3, -0.25) is 4.79 Å². The molecule has 2 heterocycles. The molecular weight excluding hydrogens is 240 g/mol. The van der Waals surface area contributed by atoms with Crippen molar-refractivity contribution in [2.45, 2.75) is 25.8 Å². The number of amides is 1. The predicted octanol–water partition coefficient (Wildman–Crippen LogP) is 1.43. The van der Waals surface area contributed by atoms with Crippen molar-refractivity contribution in [1.29, 1.82) is 0 Å². The van der Waals surface area contributed by atoms with Crippen molar-refractivity contribution >= 4 is 5.91 Å². The molecule has 4 heteroatoms. The smallest absolute Gasteiger partial charge is 0.253 e. The number of hydrogen-bond acceptors (Lipinski definition) is 3. The molecule has 1 saturated heterocycles. The molecule has 102 valence electrons. The van der Waals surface area contributed by atoms with Crippen LogP contribution in [0.2, 0.25) is 0 Å². The van der Waals surface area contributed by atoms with Gasteiger partial charge in [0.1, 0.15) is 5.75 Å². The highest BCUT2D eigenvalue weighted by Crippen LogP contribution is 2.30. The van der Waals surface area contributed by atoms with Crippen molar-refractivity contribution in [2.75, 3.05) is 19.7 Å². The van der Waals surface area contributed by atoms with Gasteiger partial charge in [0.2, 0.25) is 0 Å². The number of nitrogens with zero attached hydrogens (tertiary/aromatic N) is 1. The molecule has 2 aliphatic heterocycles. The molecule has 2 N–H and O–H groups in total. The molecule has 19 heavy (non-hydrogen) atoms. The summed E-state index contributed by atoms with van der Waals surface area (Å²) in [5, 5.41) is 0. The lowest BCUT2D eigenvalue weighted by Crippen LogP contribution is -2.71. The Labute approximate surface area is 113 Å². The van der Waals surface area contributed by atoms with E-state index in [0.717, 1.165) is 29.9 Å². The van der Waals surface area contributed by atoms with E-state index in [1.54, 1.807) is 0 Å². The Bertz CT molecular complexity index is 519. The van der Waals surface area contributed by atoms with Gasteiger partial charge >= 0.3 is 0 Å². The van der Waals surface area contributed by atoms with E-state index in [4.69, 9.17) is 10.5 Å². The maximum Gasteiger partial charge on any atom is 0.253 e. The highest BCUT2D eigenvalue weighted by Gasteiger charge is 2.44. The maximum absolute atomic E-state index is 12.4. The fourth-order valence-corrected chi connectivity index (χ4v) is 2.68. The Morgan fingerprint density at radius 3 is 2.84 bits per heavy atom. The molecule has 0 aromatic heterocycles. The Balaban J connectivity index is 1.72. The molecule has 1 fully saturated rings. The number of carbonyl (C=O) groups excluding carboxylic acids is 1. The fraction of sp³-hybridized carbons (Fsp3) is 0.533. The van der Waals surface area contributed by atoms with E-state index in [0.29, 0.717) is 19.0 Å². The van der Waals surface area contributed by atoms with Crippen molar-refractivity contribution in [1.82, 2.24) is 4.90 Å². The van der Waals surface area contributed by atoms with Crippen LogP contribution < -0.4 is 10.5 Å². The van der Waals surface area contributed by atoms with E-state index in [2.05, 4.69) is 13.8 Å². The Morgan fingerprint density at radius 2 is 2.16 bits per heavy atom. The standard InChI is InChI=1S/C15H20N2O2/c1-10(2)15(16)8-17(9-15)14(18)12-3-4-13-11(7-12)5-6-19-13/h3-4,7,10H,5-6,8-9,16H2,1-2H3. The van der Waals surface area contributed by atoms with Crippen LogP contribution in [-0.4, -0.2) is 36.0 Å². The maximum atomic E-state index is 12.4. The summed E-state index contributed by atoms with van der Waals surface area (Å²) in [5.74, 6) is 1.39. The molecule has 0 atom stereocenters. The van der Waals surface area contributed by atoms with Gasteiger partial charge in [0.15, 0.2) is 0 Å². The lowest BCUT2D eigenvalue weighted by Gasteiger charge is -2.50. The van der Waals surface area contributed by atoms with Gasteiger partial charge in [-0.25, -0.2) is 0 Å². The molecule has 1 aromatic carbocycles. The normalized spacial score (nSPS) is 19.9. The minimum absolute atomic E-state index is 0.0800. The SMILES string of the molecule is CC(C)C1(N)CN(C(=O)c2ccc3c(c2)CCO3)C1. The van der Waals surface area contributed by atoms with E-state index < -0.39 is 0 Å². The van der Waals surface area contributed by atoms with E-state index in [-0.39, 0.29) is 11.4 Å². The number of ether oxygens (including phenoxy) is 1. The third kappa shape index (κ3) is 2.00. The van der Waals surface area contributed by atoms with Crippen molar-refractivity contribution in [2.24, 2.45) is 11.7 Å². The first-order valence-corrected chi connectivity index (χ1v) is 6.83. The number of hydrogen-bond donors (Lipinski definition) is 1. The van der Waals surface area contributed by atoms with Crippen LogP contribution in [0.4, 0.5) is 0 Å². The molecule has 0 spiro atoms. The van der Waals surface area contributed by atoms with Crippen molar-refractivity contribution < 1.29 is 9.53 Å². The third-order valence-electron chi connectivity index (χ3n) is 4.34. The molecule has 0 saturated carbocycles. The van der Waals surface area contributed by atoms with Crippen LogP contribution in [0.25, 0.3) is 0 Å². The molecular formula is C15H20N2O2. The van der Waals surface area contributed by atoms with Crippen molar-refractivity contribution in [3.63, 3.8) is 0 Å². The van der Waals surface area contributed by atoms with Crippen LogP contribution in [0.1, 0.15) is 29.8 Å². The summed E-state index contributed by atoms with van der Waals surface area (Å²) in [5.41, 5.74) is 7.89. The fourth-order valence-electron chi connectivity index (χ4n) is 2.68. The van der Waals surface area contributed by atoms with Gasteiger partial charge in [0.25, 0.3) is 5.91 Å². The Morgan fingerprint density at radius 1 is 1.42 bits per heavy atom. The van der Waals surface area contributed by atoms with Crippen LogP contribution >= 0.6 is 0 Å². The zero-order valence-corrected chi connectivity index (χ0v) is 11.5. The first-order valence-electron chi connectivity index (χ1n) is 6.83. The van der Waals surface area contributed by atoms with E-state index in [1.807, 2.05) is 23.1 Å². The first kappa shape index (κ1) is 12.5. The molecule has 1 amide bonds. The van der Waals surface area contributed by atoms with Crippen LogP contribution in [-0.2, 0) is 6.42 Å². The average Bonchev–Trinajstić information content (AvgIpc) is 2.80. The second-order valence-corrected chi connectivity index (χ2v) is 5.97. The predicted molar refractivity (Wildman–Crippen MR) is 73.3 cm³/mol. The highest BCUT2D eigenvalue weighted by atomic mass is 16.5. The van der Waals surface area contributed by atoms with Gasteiger partial charge in [-0.05, 0) is 29.7 Å². The number of benzene rings is 1. The first-order chi connectivity index (χ1) is 8.99. The number of nitrogens with two attached hydrogens (primary N) is 1. The van der Waals surface area contributed by atoms with E-state index in [1.165, 1.54) is 0 Å². The highest BCUT2D eigenvalue weighted by molar-refractivity contribution is 5.95. The van der Waals surface area contributed by atoms with Crippen LogP contribution in [0.15, 0.2) is 18.2 Å².